The first-order chi connectivity index (χ1) is 17.1. The van der Waals surface area contributed by atoms with Crippen molar-refractivity contribution in [2.45, 2.75) is 30.4 Å². The van der Waals surface area contributed by atoms with Gasteiger partial charge in [-0.1, -0.05) is 18.2 Å². The Bertz CT molecular complexity index is 1290. The van der Waals surface area contributed by atoms with E-state index in [0.717, 1.165) is 11.1 Å². The van der Waals surface area contributed by atoms with E-state index in [1.807, 2.05) is 37.0 Å². The van der Waals surface area contributed by atoms with Gasteiger partial charge in [0.1, 0.15) is 17.6 Å². The lowest BCUT2D eigenvalue weighted by Gasteiger charge is -2.36. The maximum atomic E-state index is 14.8. The van der Waals surface area contributed by atoms with Crippen LogP contribution in [0.25, 0.3) is 0 Å². The monoisotopic (exact) mass is 515 g/mol. The molecule has 0 aliphatic carbocycles. The highest BCUT2D eigenvalue weighted by molar-refractivity contribution is 8.32. The SMILES string of the molecule is COCc1ccc2c(c1)CCN(C(=O)Cc1cc(O)no1)[C@H]2C(=O)Nc1ccc(S(C)(C)C)c(F)c1. The minimum Gasteiger partial charge on any atom is -0.491 e. The van der Waals surface area contributed by atoms with Crippen molar-refractivity contribution in [3.8, 4) is 5.88 Å². The molecule has 0 saturated carbocycles. The number of rotatable bonds is 7. The van der Waals surface area contributed by atoms with Gasteiger partial charge in [-0.3, -0.25) is 9.59 Å². The van der Waals surface area contributed by atoms with Gasteiger partial charge >= 0.3 is 0 Å². The van der Waals surface area contributed by atoms with Gasteiger partial charge in [0, 0.05) is 30.3 Å². The van der Waals surface area contributed by atoms with Gasteiger partial charge in [-0.2, -0.15) is 0 Å². The Morgan fingerprint density at radius 2 is 2.00 bits per heavy atom. The summed E-state index contributed by atoms with van der Waals surface area (Å²) < 4.78 is 25.0. The van der Waals surface area contributed by atoms with Crippen molar-refractivity contribution in [1.82, 2.24) is 10.1 Å². The molecule has 0 saturated heterocycles. The first-order valence-corrected chi connectivity index (χ1v) is 14.3. The molecular weight excluding hydrogens is 485 g/mol. The summed E-state index contributed by atoms with van der Waals surface area (Å²) >= 11 is 0. The Balaban J connectivity index is 1.65. The lowest BCUT2D eigenvalue weighted by molar-refractivity contribution is -0.139. The molecular formula is C26H30FN3O5S. The van der Waals surface area contributed by atoms with Crippen LogP contribution < -0.4 is 5.32 Å². The van der Waals surface area contributed by atoms with Crippen molar-refractivity contribution >= 4 is 27.5 Å². The summed E-state index contributed by atoms with van der Waals surface area (Å²) in [7, 11) is 0.335. The van der Waals surface area contributed by atoms with Gasteiger partial charge in [0.15, 0.2) is 0 Å². The fourth-order valence-corrected chi connectivity index (χ4v) is 5.53. The third-order valence-corrected chi connectivity index (χ3v) is 7.70. The number of carbonyl (C=O) groups excluding carboxylic acids is 2. The molecule has 0 fully saturated rings. The number of aromatic nitrogens is 1. The summed E-state index contributed by atoms with van der Waals surface area (Å²) in [6.07, 6.45) is 6.39. The van der Waals surface area contributed by atoms with Crippen LogP contribution in [0.4, 0.5) is 10.1 Å². The molecule has 4 rings (SSSR count). The molecule has 0 radical (unpaired) electrons. The standard InChI is InChI=1S/C26H30FN3O5S/c1-34-15-16-5-7-20-17(11-16)9-10-30(24(32)14-19-13-23(31)29-35-19)25(20)26(33)28-18-6-8-22(21(27)12-18)36(2,3)4/h5-8,11-13,25H,9-10,14-15H2,1-4H3,(H,28,33)(H,29,31)/t25-/m1/s1. The number of benzene rings is 2. The van der Waals surface area contributed by atoms with Gasteiger partial charge in [-0.15, -0.1) is 0 Å². The normalized spacial score (nSPS) is 15.9. The van der Waals surface area contributed by atoms with Crippen LogP contribution in [0.3, 0.4) is 0 Å². The number of hydrogen-bond acceptors (Lipinski definition) is 6. The van der Waals surface area contributed by atoms with Crippen molar-refractivity contribution in [3.05, 3.63) is 70.7 Å². The van der Waals surface area contributed by atoms with Crippen LogP contribution in [-0.4, -0.2) is 59.4 Å². The average molecular weight is 516 g/mol. The molecule has 8 nitrogen and oxygen atoms in total. The number of amides is 2. The smallest absolute Gasteiger partial charge is 0.251 e. The number of anilines is 1. The molecule has 1 aliphatic heterocycles. The topological polar surface area (TPSA) is 105 Å². The van der Waals surface area contributed by atoms with E-state index < -0.39 is 22.0 Å². The minimum atomic E-state index is -1.28. The van der Waals surface area contributed by atoms with Crippen molar-refractivity contribution in [3.63, 3.8) is 0 Å². The van der Waals surface area contributed by atoms with Gasteiger partial charge in [0.2, 0.25) is 5.91 Å². The molecule has 2 aromatic carbocycles. The summed E-state index contributed by atoms with van der Waals surface area (Å²) in [5.41, 5.74) is 2.93. The van der Waals surface area contributed by atoms with Gasteiger partial charge in [-0.05, 0) is 65.2 Å². The molecule has 0 spiro atoms. The van der Waals surface area contributed by atoms with Crippen LogP contribution in [0.2, 0.25) is 0 Å². The zero-order valence-electron chi connectivity index (χ0n) is 20.7. The summed E-state index contributed by atoms with van der Waals surface area (Å²) in [6.45, 7) is 0.740. The Hall–Kier alpha value is -3.37. The molecule has 0 bridgehead atoms. The predicted octanol–water partition coefficient (Wildman–Crippen LogP) is 4.03. The third-order valence-electron chi connectivity index (χ3n) is 6.05. The van der Waals surface area contributed by atoms with Gasteiger partial charge < -0.3 is 24.6 Å². The molecule has 192 valence electrons. The predicted molar refractivity (Wildman–Crippen MR) is 136 cm³/mol. The number of nitrogens with one attached hydrogen (secondary N) is 1. The summed E-state index contributed by atoms with van der Waals surface area (Å²) in [4.78, 5) is 28.9. The van der Waals surface area contributed by atoms with Crippen LogP contribution in [0.5, 0.6) is 5.88 Å². The van der Waals surface area contributed by atoms with Crippen LogP contribution in [-0.2, 0) is 33.8 Å². The number of carbonyl (C=O) groups is 2. The molecule has 10 heteroatoms. The number of ether oxygens (including phenoxy) is 1. The minimum absolute atomic E-state index is 0.161. The van der Waals surface area contributed by atoms with Crippen molar-refractivity contribution in [2.75, 3.05) is 37.7 Å². The average Bonchev–Trinajstić information content (AvgIpc) is 3.21. The Kier molecular flexibility index (Phi) is 7.37. The Morgan fingerprint density at radius 3 is 2.64 bits per heavy atom. The first-order valence-electron chi connectivity index (χ1n) is 11.4. The maximum absolute atomic E-state index is 14.8. The fourth-order valence-electron chi connectivity index (χ4n) is 4.41. The van der Waals surface area contributed by atoms with Gasteiger partial charge in [-0.25, -0.2) is 14.4 Å². The van der Waals surface area contributed by atoms with E-state index in [1.54, 1.807) is 19.2 Å². The van der Waals surface area contributed by atoms with E-state index in [-0.39, 0.29) is 29.8 Å². The second kappa shape index (κ2) is 10.3. The summed E-state index contributed by atoms with van der Waals surface area (Å²) in [5, 5.41) is 15.6. The number of nitrogens with zero attached hydrogens (tertiary/aromatic N) is 2. The van der Waals surface area contributed by atoms with E-state index in [4.69, 9.17) is 9.26 Å². The second-order valence-corrected chi connectivity index (χ2v) is 13.6. The number of methoxy groups -OCH3 is 1. The zero-order chi connectivity index (χ0) is 26.0. The number of aromatic hydroxyl groups is 1. The molecule has 1 aromatic heterocycles. The highest BCUT2D eigenvalue weighted by atomic mass is 32.3. The first kappa shape index (κ1) is 25.7. The van der Waals surface area contributed by atoms with Crippen LogP contribution in [0.1, 0.15) is 28.5 Å². The Morgan fingerprint density at radius 1 is 1.22 bits per heavy atom. The third kappa shape index (κ3) is 5.55. The van der Waals surface area contributed by atoms with E-state index in [1.165, 1.54) is 17.0 Å². The number of fused-ring (bicyclic) bond motifs is 1. The molecule has 2 heterocycles. The van der Waals surface area contributed by atoms with Crippen molar-refractivity contribution in [2.24, 2.45) is 0 Å². The molecule has 2 N–H and O–H groups in total. The van der Waals surface area contributed by atoms with E-state index in [9.17, 15) is 19.1 Å². The van der Waals surface area contributed by atoms with Gasteiger partial charge in [0.05, 0.1) is 13.0 Å². The van der Waals surface area contributed by atoms with Crippen LogP contribution in [0.15, 0.2) is 51.9 Å². The van der Waals surface area contributed by atoms with Crippen molar-refractivity contribution in [1.29, 1.82) is 0 Å². The molecule has 36 heavy (non-hydrogen) atoms. The molecule has 3 aromatic rings. The zero-order valence-corrected chi connectivity index (χ0v) is 21.5. The second-order valence-electron chi connectivity index (χ2n) is 9.51. The molecule has 1 atom stereocenters. The molecule has 2 amide bonds. The van der Waals surface area contributed by atoms with E-state index in [2.05, 4.69) is 10.5 Å². The maximum Gasteiger partial charge on any atom is 0.251 e. The van der Waals surface area contributed by atoms with Gasteiger partial charge in [0.25, 0.3) is 11.8 Å². The van der Waals surface area contributed by atoms with Crippen LogP contribution >= 0.6 is 10.0 Å². The summed E-state index contributed by atoms with van der Waals surface area (Å²) in [5.74, 6) is -1.29. The number of halogens is 1. The quantitative estimate of drug-likeness (QED) is 0.492. The largest absolute Gasteiger partial charge is 0.491 e. The molecule has 1 aliphatic rings. The van der Waals surface area contributed by atoms with E-state index in [0.29, 0.717) is 35.7 Å². The van der Waals surface area contributed by atoms with Crippen molar-refractivity contribution < 1.29 is 28.3 Å². The highest BCUT2D eigenvalue weighted by Gasteiger charge is 2.36. The Labute approximate surface area is 210 Å². The lowest BCUT2D eigenvalue weighted by atomic mass is 9.90. The fraction of sp³-hybridized carbons (Fsp3) is 0.346. The van der Waals surface area contributed by atoms with E-state index >= 15 is 0 Å². The highest BCUT2D eigenvalue weighted by Crippen LogP contribution is 2.47. The number of hydrogen-bond donors (Lipinski definition) is 2. The molecule has 0 unspecified atom stereocenters. The summed E-state index contributed by atoms with van der Waals surface area (Å²) in [6, 6.07) is 10.7. The van der Waals surface area contributed by atoms with Crippen LogP contribution in [0, 0.1) is 5.82 Å². The lowest BCUT2D eigenvalue weighted by Crippen LogP contribution is -2.46.